The normalized spacial score (nSPS) is 13.3. The van der Waals surface area contributed by atoms with Crippen molar-refractivity contribution in [2.45, 2.75) is 18.9 Å². The number of carbonyl (C=O) groups is 2. The highest BCUT2D eigenvalue weighted by atomic mass is 16.5. The topological polar surface area (TPSA) is 61.8 Å². The number of rotatable bonds is 7. The summed E-state index contributed by atoms with van der Waals surface area (Å²) in [6.07, 6.45) is 0.0722. The molecule has 110 valence electrons. The highest BCUT2D eigenvalue weighted by Crippen LogP contribution is 2.27. The van der Waals surface area contributed by atoms with Crippen LogP contribution in [0.2, 0.25) is 0 Å². The minimum absolute atomic E-state index is 0.0180. The van der Waals surface area contributed by atoms with E-state index in [9.17, 15) is 9.59 Å². The van der Waals surface area contributed by atoms with Crippen molar-refractivity contribution in [2.75, 3.05) is 21.3 Å². The summed E-state index contributed by atoms with van der Waals surface area (Å²) in [6.45, 7) is 0. The zero-order valence-electron chi connectivity index (χ0n) is 12.0. The quantitative estimate of drug-likeness (QED) is 0.716. The Hall–Kier alpha value is -1.88. The fourth-order valence-electron chi connectivity index (χ4n) is 2.01. The van der Waals surface area contributed by atoms with Gasteiger partial charge in [0, 0.05) is 7.11 Å². The second-order valence-electron chi connectivity index (χ2n) is 4.37. The Labute approximate surface area is 118 Å². The Morgan fingerprint density at radius 2 is 1.70 bits per heavy atom. The van der Waals surface area contributed by atoms with E-state index in [1.165, 1.54) is 14.2 Å². The SMILES string of the molecule is COC(=O)C[C@H](C[C@@H](OC)c1ccccc1)C(=O)OC. The highest BCUT2D eigenvalue weighted by Gasteiger charge is 2.27. The van der Waals surface area contributed by atoms with Crippen LogP contribution in [0.3, 0.4) is 0 Å². The van der Waals surface area contributed by atoms with Gasteiger partial charge in [-0.1, -0.05) is 30.3 Å². The first-order valence-electron chi connectivity index (χ1n) is 6.34. The molecule has 0 aliphatic rings. The molecular weight excluding hydrogens is 260 g/mol. The van der Waals surface area contributed by atoms with E-state index in [0.717, 1.165) is 5.56 Å². The fraction of sp³-hybridized carbons (Fsp3) is 0.467. The van der Waals surface area contributed by atoms with Crippen molar-refractivity contribution in [2.24, 2.45) is 5.92 Å². The molecule has 0 heterocycles. The Balaban J connectivity index is 2.81. The summed E-state index contributed by atoms with van der Waals surface area (Å²) in [5.41, 5.74) is 0.953. The van der Waals surface area contributed by atoms with Gasteiger partial charge >= 0.3 is 11.9 Å². The first-order valence-corrected chi connectivity index (χ1v) is 6.34. The molecule has 0 saturated carbocycles. The lowest BCUT2D eigenvalue weighted by Crippen LogP contribution is -2.23. The molecule has 0 fully saturated rings. The van der Waals surface area contributed by atoms with Gasteiger partial charge in [0.25, 0.3) is 0 Å². The molecule has 0 spiro atoms. The Bertz CT molecular complexity index is 429. The minimum atomic E-state index is -0.586. The van der Waals surface area contributed by atoms with Crippen molar-refractivity contribution in [1.29, 1.82) is 0 Å². The molecule has 0 saturated heterocycles. The smallest absolute Gasteiger partial charge is 0.309 e. The first-order chi connectivity index (χ1) is 9.62. The summed E-state index contributed by atoms with van der Waals surface area (Å²) in [7, 11) is 4.17. The summed E-state index contributed by atoms with van der Waals surface area (Å²) in [4.78, 5) is 23.1. The van der Waals surface area contributed by atoms with Crippen LogP contribution in [-0.4, -0.2) is 33.3 Å². The molecule has 0 unspecified atom stereocenters. The number of methoxy groups -OCH3 is 3. The highest BCUT2D eigenvalue weighted by molar-refractivity contribution is 5.79. The van der Waals surface area contributed by atoms with Crippen molar-refractivity contribution >= 4 is 11.9 Å². The van der Waals surface area contributed by atoms with Crippen molar-refractivity contribution in [3.8, 4) is 0 Å². The van der Waals surface area contributed by atoms with Crippen LogP contribution in [0.1, 0.15) is 24.5 Å². The van der Waals surface area contributed by atoms with Gasteiger partial charge in [0.15, 0.2) is 0 Å². The zero-order valence-corrected chi connectivity index (χ0v) is 12.0. The standard InChI is InChI=1S/C15H20O5/c1-18-13(11-7-5-4-6-8-11)9-12(15(17)20-3)10-14(16)19-2/h4-8,12-13H,9-10H2,1-3H3/t12-,13+/m0/s1. The molecule has 1 aromatic rings. The van der Waals surface area contributed by atoms with E-state index >= 15 is 0 Å². The van der Waals surface area contributed by atoms with Crippen molar-refractivity contribution in [3.05, 3.63) is 35.9 Å². The number of carbonyl (C=O) groups excluding carboxylic acids is 2. The second kappa shape index (κ2) is 8.32. The summed E-state index contributed by atoms with van der Waals surface area (Å²) in [5.74, 6) is -1.46. The number of esters is 2. The molecule has 1 rings (SSSR count). The third kappa shape index (κ3) is 4.66. The third-order valence-corrected chi connectivity index (χ3v) is 3.13. The summed E-state index contributed by atoms with van der Waals surface area (Å²) < 4.78 is 14.8. The van der Waals surface area contributed by atoms with Crippen molar-refractivity contribution in [1.82, 2.24) is 0 Å². The average molecular weight is 280 g/mol. The average Bonchev–Trinajstić information content (AvgIpc) is 2.51. The van der Waals surface area contributed by atoms with Gasteiger partial charge in [-0.15, -0.1) is 0 Å². The molecular formula is C15H20O5. The molecule has 1 aromatic carbocycles. The van der Waals surface area contributed by atoms with Crippen LogP contribution in [0.5, 0.6) is 0 Å². The van der Waals surface area contributed by atoms with Gasteiger partial charge in [0.05, 0.1) is 32.7 Å². The van der Waals surface area contributed by atoms with Crippen LogP contribution in [-0.2, 0) is 23.8 Å². The summed E-state index contributed by atoms with van der Waals surface area (Å²) >= 11 is 0. The lowest BCUT2D eigenvalue weighted by Gasteiger charge is -2.20. The summed E-state index contributed by atoms with van der Waals surface area (Å²) in [6, 6.07) is 9.54. The maximum absolute atomic E-state index is 11.8. The van der Waals surface area contributed by atoms with Gasteiger partial charge in [-0.2, -0.15) is 0 Å². The summed E-state index contributed by atoms with van der Waals surface area (Å²) in [5, 5.41) is 0. The van der Waals surface area contributed by atoms with Crippen LogP contribution >= 0.6 is 0 Å². The van der Waals surface area contributed by atoms with Crippen LogP contribution in [0.25, 0.3) is 0 Å². The van der Waals surface area contributed by atoms with E-state index in [1.807, 2.05) is 30.3 Å². The molecule has 0 aliphatic carbocycles. The third-order valence-electron chi connectivity index (χ3n) is 3.13. The van der Waals surface area contributed by atoms with Crippen molar-refractivity contribution < 1.29 is 23.8 Å². The number of hydrogen-bond donors (Lipinski definition) is 0. The number of hydrogen-bond acceptors (Lipinski definition) is 5. The lowest BCUT2D eigenvalue weighted by atomic mass is 9.94. The van der Waals surface area contributed by atoms with Crippen LogP contribution in [0.4, 0.5) is 0 Å². The predicted molar refractivity (Wildman–Crippen MR) is 72.9 cm³/mol. The first kappa shape index (κ1) is 16.2. The van der Waals surface area contributed by atoms with Crippen molar-refractivity contribution in [3.63, 3.8) is 0 Å². The van der Waals surface area contributed by atoms with E-state index in [1.54, 1.807) is 7.11 Å². The maximum atomic E-state index is 11.8. The van der Waals surface area contributed by atoms with Crippen LogP contribution in [0, 0.1) is 5.92 Å². The predicted octanol–water partition coefficient (Wildman–Crippen LogP) is 2.12. The van der Waals surface area contributed by atoms with Gasteiger partial charge < -0.3 is 14.2 Å². The number of benzene rings is 1. The molecule has 0 amide bonds. The minimum Gasteiger partial charge on any atom is -0.469 e. The van der Waals surface area contributed by atoms with Crippen LogP contribution in [0.15, 0.2) is 30.3 Å². The monoisotopic (exact) mass is 280 g/mol. The molecule has 5 heteroatoms. The molecule has 2 atom stereocenters. The van der Waals surface area contributed by atoms with E-state index in [0.29, 0.717) is 6.42 Å². The Kier molecular flexibility index (Phi) is 6.73. The van der Waals surface area contributed by atoms with Gasteiger partial charge in [0.1, 0.15) is 0 Å². The largest absolute Gasteiger partial charge is 0.469 e. The van der Waals surface area contributed by atoms with Gasteiger partial charge in [-0.05, 0) is 12.0 Å². The zero-order chi connectivity index (χ0) is 15.0. The van der Waals surface area contributed by atoms with Gasteiger partial charge in [0.2, 0.25) is 0 Å². The van der Waals surface area contributed by atoms with Gasteiger partial charge in [-0.3, -0.25) is 9.59 Å². The van der Waals surface area contributed by atoms with E-state index in [-0.39, 0.29) is 12.5 Å². The maximum Gasteiger partial charge on any atom is 0.309 e. The van der Waals surface area contributed by atoms with Gasteiger partial charge in [-0.25, -0.2) is 0 Å². The fourth-order valence-corrected chi connectivity index (χ4v) is 2.01. The lowest BCUT2D eigenvalue weighted by molar-refractivity contribution is -0.153. The molecule has 0 bridgehead atoms. The molecule has 0 N–H and O–H groups in total. The Morgan fingerprint density at radius 3 is 2.20 bits per heavy atom. The molecule has 0 aliphatic heterocycles. The molecule has 5 nitrogen and oxygen atoms in total. The van der Waals surface area contributed by atoms with E-state index in [2.05, 4.69) is 4.74 Å². The molecule has 20 heavy (non-hydrogen) atoms. The molecule has 0 radical (unpaired) electrons. The molecule has 0 aromatic heterocycles. The van der Waals surface area contributed by atoms with Crippen LogP contribution < -0.4 is 0 Å². The Morgan fingerprint density at radius 1 is 1.05 bits per heavy atom. The van der Waals surface area contributed by atoms with E-state index < -0.39 is 17.9 Å². The second-order valence-corrected chi connectivity index (χ2v) is 4.37. The number of ether oxygens (including phenoxy) is 3. The van der Waals surface area contributed by atoms with E-state index in [4.69, 9.17) is 9.47 Å².